The van der Waals surface area contributed by atoms with Crippen LogP contribution in [0, 0.1) is 0 Å². The largest absolute Gasteiger partial charge is 0.389 e. The molecule has 1 unspecified atom stereocenters. The van der Waals surface area contributed by atoms with Crippen LogP contribution >= 0.6 is 0 Å². The monoisotopic (exact) mass is 264 g/mol. The van der Waals surface area contributed by atoms with Gasteiger partial charge in [0.1, 0.15) is 0 Å². The van der Waals surface area contributed by atoms with Crippen LogP contribution in [-0.2, 0) is 14.6 Å². The Morgan fingerprint density at radius 1 is 1.47 bits per heavy atom. The van der Waals surface area contributed by atoms with Gasteiger partial charge in [-0.3, -0.25) is 9.69 Å². The number of primary amides is 1. The molecule has 0 spiro atoms. The number of likely N-dealkylation sites (tertiary alicyclic amines) is 1. The van der Waals surface area contributed by atoms with E-state index in [9.17, 15) is 18.3 Å². The van der Waals surface area contributed by atoms with Gasteiger partial charge in [0, 0.05) is 26.1 Å². The molecule has 1 aliphatic rings. The Balaban J connectivity index is 2.33. The zero-order chi connectivity index (χ0) is 13.1. The highest BCUT2D eigenvalue weighted by Crippen LogP contribution is 2.19. The molecule has 0 aliphatic carbocycles. The van der Waals surface area contributed by atoms with Gasteiger partial charge >= 0.3 is 0 Å². The maximum atomic E-state index is 11.6. The van der Waals surface area contributed by atoms with Crippen molar-refractivity contribution in [3.63, 3.8) is 0 Å². The van der Waals surface area contributed by atoms with Crippen LogP contribution in [0.1, 0.15) is 19.8 Å². The minimum atomic E-state index is -3.23. The van der Waals surface area contributed by atoms with Crippen molar-refractivity contribution in [1.29, 1.82) is 0 Å². The average molecular weight is 264 g/mol. The first-order chi connectivity index (χ1) is 7.70. The molecule has 0 saturated carbocycles. The Morgan fingerprint density at radius 2 is 2.12 bits per heavy atom. The van der Waals surface area contributed by atoms with Gasteiger partial charge in [0.05, 0.1) is 17.1 Å². The highest BCUT2D eigenvalue weighted by atomic mass is 32.2. The van der Waals surface area contributed by atoms with Crippen molar-refractivity contribution in [2.75, 3.05) is 31.1 Å². The zero-order valence-corrected chi connectivity index (χ0v) is 10.9. The summed E-state index contributed by atoms with van der Waals surface area (Å²) in [4.78, 5) is 12.4. The Hall–Kier alpha value is -0.660. The smallest absolute Gasteiger partial charge is 0.218 e. The van der Waals surface area contributed by atoms with Crippen molar-refractivity contribution in [2.24, 2.45) is 5.73 Å². The van der Waals surface area contributed by atoms with Gasteiger partial charge in [-0.1, -0.05) is 0 Å². The molecule has 1 heterocycles. The molecule has 1 saturated heterocycles. The van der Waals surface area contributed by atoms with Crippen LogP contribution in [-0.4, -0.2) is 61.1 Å². The first-order valence-electron chi connectivity index (χ1n) is 5.64. The lowest BCUT2D eigenvalue weighted by Gasteiger charge is -2.18. The summed E-state index contributed by atoms with van der Waals surface area (Å²) in [5.74, 6) is -0.777. The first kappa shape index (κ1) is 14.4. The summed E-state index contributed by atoms with van der Waals surface area (Å²) >= 11 is 0. The molecular formula is C10H20N2O4S. The van der Waals surface area contributed by atoms with Crippen LogP contribution in [0.5, 0.6) is 0 Å². The second-order valence-electron chi connectivity index (χ2n) is 4.89. The number of sulfone groups is 1. The van der Waals surface area contributed by atoms with Crippen LogP contribution in [0.3, 0.4) is 0 Å². The molecule has 3 N–H and O–H groups in total. The SMILES string of the molecule is CC1(O)CCN(CCS(=O)(=O)CCC(N)=O)C1. The van der Waals surface area contributed by atoms with E-state index < -0.39 is 21.3 Å². The zero-order valence-electron chi connectivity index (χ0n) is 10.1. The number of aliphatic hydroxyl groups is 1. The number of amides is 1. The molecule has 7 heteroatoms. The fourth-order valence-electron chi connectivity index (χ4n) is 1.86. The molecule has 6 nitrogen and oxygen atoms in total. The molecule has 17 heavy (non-hydrogen) atoms. The van der Waals surface area contributed by atoms with Crippen molar-refractivity contribution in [2.45, 2.75) is 25.4 Å². The Morgan fingerprint density at radius 3 is 2.59 bits per heavy atom. The minimum Gasteiger partial charge on any atom is -0.389 e. The molecular weight excluding hydrogens is 244 g/mol. The molecule has 1 atom stereocenters. The lowest BCUT2D eigenvalue weighted by molar-refractivity contribution is -0.117. The van der Waals surface area contributed by atoms with Gasteiger partial charge in [0.25, 0.3) is 0 Å². The summed E-state index contributed by atoms with van der Waals surface area (Å²) in [6, 6.07) is 0. The van der Waals surface area contributed by atoms with E-state index in [2.05, 4.69) is 0 Å². The minimum absolute atomic E-state index is 0.0103. The summed E-state index contributed by atoms with van der Waals surface area (Å²) in [6.07, 6.45) is 0.536. The summed E-state index contributed by atoms with van der Waals surface area (Å²) in [7, 11) is -3.23. The summed E-state index contributed by atoms with van der Waals surface area (Å²) < 4.78 is 23.1. The van der Waals surface area contributed by atoms with E-state index in [0.29, 0.717) is 26.1 Å². The number of rotatable bonds is 6. The van der Waals surface area contributed by atoms with E-state index in [-0.39, 0.29) is 17.9 Å². The van der Waals surface area contributed by atoms with Crippen molar-refractivity contribution in [1.82, 2.24) is 4.90 Å². The second-order valence-corrected chi connectivity index (χ2v) is 7.19. The van der Waals surface area contributed by atoms with E-state index in [1.807, 2.05) is 4.90 Å². The fraction of sp³-hybridized carbons (Fsp3) is 0.900. The summed E-state index contributed by atoms with van der Waals surface area (Å²) in [6.45, 7) is 3.35. The molecule has 0 bridgehead atoms. The van der Waals surface area contributed by atoms with Gasteiger partial charge in [0.15, 0.2) is 9.84 Å². The molecule has 1 amide bonds. The van der Waals surface area contributed by atoms with Gasteiger partial charge in [-0.05, 0) is 13.3 Å². The maximum absolute atomic E-state index is 11.6. The van der Waals surface area contributed by atoms with Crippen LogP contribution in [0.4, 0.5) is 0 Å². The topological polar surface area (TPSA) is 101 Å². The average Bonchev–Trinajstić information content (AvgIpc) is 2.53. The van der Waals surface area contributed by atoms with Crippen molar-refractivity contribution >= 4 is 15.7 Å². The summed E-state index contributed by atoms with van der Waals surface area (Å²) in [5, 5.41) is 9.72. The fourth-order valence-corrected chi connectivity index (χ4v) is 3.11. The second kappa shape index (κ2) is 5.32. The lowest BCUT2D eigenvalue weighted by Crippen LogP contribution is -2.33. The number of β-amino-alcohol motifs (C(OH)–C–C–N with tert-alkyl or cyclic N) is 1. The number of nitrogens with zero attached hydrogens (tertiary/aromatic N) is 1. The predicted octanol–water partition coefficient (Wildman–Crippen LogP) is -1.27. The van der Waals surface area contributed by atoms with Crippen LogP contribution < -0.4 is 5.73 Å². The quantitative estimate of drug-likeness (QED) is 0.623. The van der Waals surface area contributed by atoms with E-state index >= 15 is 0 Å². The normalized spacial score (nSPS) is 26.2. The molecule has 0 aromatic carbocycles. The molecule has 0 aromatic heterocycles. The third-order valence-electron chi connectivity index (χ3n) is 2.91. The van der Waals surface area contributed by atoms with Crippen LogP contribution in [0.2, 0.25) is 0 Å². The summed E-state index contributed by atoms with van der Waals surface area (Å²) in [5.41, 5.74) is 4.20. The predicted molar refractivity (Wildman–Crippen MR) is 64.1 cm³/mol. The Labute approximate surface area is 102 Å². The third kappa shape index (κ3) is 5.47. The first-order valence-corrected chi connectivity index (χ1v) is 7.46. The molecule has 100 valence electrons. The number of hydrogen-bond donors (Lipinski definition) is 2. The maximum Gasteiger partial charge on any atom is 0.218 e. The van der Waals surface area contributed by atoms with Gasteiger partial charge in [0.2, 0.25) is 5.91 Å². The highest BCUT2D eigenvalue weighted by Gasteiger charge is 2.31. The van der Waals surface area contributed by atoms with Gasteiger partial charge in [-0.2, -0.15) is 0 Å². The third-order valence-corrected chi connectivity index (χ3v) is 4.54. The van der Waals surface area contributed by atoms with Crippen molar-refractivity contribution in [3.8, 4) is 0 Å². The molecule has 1 aliphatic heterocycles. The van der Waals surface area contributed by atoms with E-state index in [4.69, 9.17) is 5.73 Å². The standard InChI is InChI=1S/C10H20N2O4S/c1-10(14)3-4-12(8-10)5-7-17(15,16)6-2-9(11)13/h14H,2-8H2,1H3,(H2,11,13). The van der Waals surface area contributed by atoms with Crippen molar-refractivity contribution < 1.29 is 18.3 Å². The lowest BCUT2D eigenvalue weighted by atomic mass is 10.1. The number of nitrogens with two attached hydrogens (primary N) is 1. The Kier molecular flexibility index (Phi) is 4.51. The number of carbonyl (C=O) groups is 1. The molecule has 0 aromatic rings. The highest BCUT2D eigenvalue weighted by molar-refractivity contribution is 7.91. The van der Waals surface area contributed by atoms with E-state index in [1.165, 1.54) is 0 Å². The van der Waals surface area contributed by atoms with E-state index in [1.54, 1.807) is 6.92 Å². The molecule has 1 rings (SSSR count). The van der Waals surface area contributed by atoms with Crippen LogP contribution in [0.25, 0.3) is 0 Å². The van der Waals surface area contributed by atoms with Crippen molar-refractivity contribution in [3.05, 3.63) is 0 Å². The van der Waals surface area contributed by atoms with Crippen LogP contribution in [0.15, 0.2) is 0 Å². The molecule has 1 fully saturated rings. The number of hydrogen-bond acceptors (Lipinski definition) is 5. The molecule has 0 radical (unpaired) electrons. The van der Waals surface area contributed by atoms with Gasteiger partial charge < -0.3 is 10.8 Å². The Bertz CT molecular complexity index is 378. The van der Waals surface area contributed by atoms with E-state index in [0.717, 1.165) is 0 Å². The number of carbonyl (C=O) groups excluding carboxylic acids is 1. The van der Waals surface area contributed by atoms with Gasteiger partial charge in [-0.15, -0.1) is 0 Å². The van der Waals surface area contributed by atoms with Gasteiger partial charge in [-0.25, -0.2) is 8.42 Å².